The molecule has 2 aromatic carbocycles. The minimum absolute atomic E-state index is 0.145. The van der Waals surface area contributed by atoms with Crippen LogP contribution in [-0.2, 0) is 19.4 Å². The molecule has 21 heavy (non-hydrogen) atoms. The van der Waals surface area contributed by atoms with Gasteiger partial charge in [-0.05, 0) is 54.7 Å². The average Bonchev–Trinajstić information content (AvgIpc) is 2.92. The maximum Gasteiger partial charge on any atom is 0.274 e. The van der Waals surface area contributed by atoms with Crippen LogP contribution in [-0.4, -0.2) is 4.92 Å². The van der Waals surface area contributed by atoms with Gasteiger partial charge in [-0.1, -0.05) is 22.0 Å². The normalized spacial score (nSPS) is 13.0. The second-order valence-electron chi connectivity index (χ2n) is 5.22. The quantitative estimate of drug-likeness (QED) is 0.656. The maximum absolute atomic E-state index is 11.1. The number of nitro groups is 1. The highest BCUT2D eigenvalue weighted by Gasteiger charge is 2.14. The summed E-state index contributed by atoms with van der Waals surface area (Å²) in [4.78, 5) is 10.7. The van der Waals surface area contributed by atoms with E-state index in [4.69, 9.17) is 0 Å². The van der Waals surface area contributed by atoms with E-state index in [2.05, 4.69) is 33.4 Å². The maximum atomic E-state index is 11.1. The van der Waals surface area contributed by atoms with Crippen molar-refractivity contribution in [2.45, 2.75) is 25.8 Å². The van der Waals surface area contributed by atoms with Crippen LogP contribution in [0.2, 0.25) is 0 Å². The second-order valence-corrected chi connectivity index (χ2v) is 6.14. The first-order valence-corrected chi connectivity index (χ1v) is 7.71. The van der Waals surface area contributed by atoms with Gasteiger partial charge in [-0.15, -0.1) is 0 Å². The molecule has 4 nitrogen and oxygen atoms in total. The Kier molecular flexibility index (Phi) is 3.92. The molecule has 0 aromatic heterocycles. The van der Waals surface area contributed by atoms with Crippen molar-refractivity contribution in [1.82, 2.24) is 0 Å². The van der Waals surface area contributed by atoms with Gasteiger partial charge in [0.2, 0.25) is 0 Å². The second kappa shape index (κ2) is 5.85. The van der Waals surface area contributed by atoms with Gasteiger partial charge in [0.25, 0.3) is 5.69 Å². The third-order valence-corrected chi connectivity index (χ3v) is 4.31. The summed E-state index contributed by atoms with van der Waals surface area (Å²) in [7, 11) is 0. The molecular formula is C16H15BrN2O2. The standard InChI is InChI=1S/C16H15BrN2O2/c17-14-5-7-16(19(20)21)13(8-14)10-18-15-6-4-11-2-1-3-12(11)9-15/h4-9,18H,1-3,10H2. The molecule has 0 atom stereocenters. The summed E-state index contributed by atoms with van der Waals surface area (Å²) in [5, 5.41) is 14.3. The fourth-order valence-corrected chi connectivity index (χ4v) is 3.16. The van der Waals surface area contributed by atoms with Gasteiger partial charge < -0.3 is 5.32 Å². The first kappa shape index (κ1) is 14.1. The Morgan fingerprint density at radius 1 is 1.14 bits per heavy atom. The lowest BCUT2D eigenvalue weighted by Crippen LogP contribution is -2.03. The van der Waals surface area contributed by atoms with E-state index in [0.29, 0.717) is 12.1 Å². The molecule has 0 aliphatic heterocycles. The number of nitrogens with zero attached hydrogens (tertiary/aromatic N) is 1. The molecule has 3 rings (SSSR count). The minimum atomic E-state index is -0.341. The number of aryl methyl sites for hydroxylation is 2. The molecule has 0 heterocycles. The van der Waals surface area contributed by atoms with Crippen molar-refractivity contribution < 1.29 is 4.92 Å². The van der Waals surface area contributed by atoms with Gasteiger partial charge in [0.15, 0.2) is 0 Å². The van der Waals surface area contributed by atoms with Crippen LogP contribution in [0, 0.1) is 10.1 Å². The summed E-state index contributed by atoms with van der Waals surface area (Å²) in [5.41, 5.74) is 4.66. The molecule has 0 saturated carbocycles. The van der Waals surface area contributed by atoms with Crippen LogP contribution in [0.1, 0.15) is 23.1 Å². The number of nitro benzene ring substituents is 1. The first-order valence-electron chi connectivity index (χ1n) is 6.92. The average molecular weight is 347 g/mol. The summed E-state index contributed by atoms with van der Waals surface area (Å²) in [6.45, 7) is 0.439. The van der Waals surface area contributed by atoms with Gasteiger partial charge in [0, 0.05) is 28.3 Å². The lowest BCUT2D eigenvalue weighted by molar-refractivity contribution is -0.385. The Labute approximate surface area is 131 Å². The summed E-state index contributed by atoms with van der Waals surface area (Å²) >= 11 is 3.36. The van der Waals surface area contributed by atoms with Crippen molar-refractivity contribution in [3.05, 3.63) is 67.7 Å². The highest BCUT2D eigenvalue weighted by atomic mass is 79.9. The zero-order chi connectivity index (χ0) is 14.8. The molecule has 1 N–H and O–H groups in total. The third-order valence-electron chi connectivity index (χ3n) is 3.82. The van der Waals surface area contributed by atoms with Crippen molar-refractivity contribution in [1.29, 1.82) is 0 Å². The Bertz CT molecular complexity index is 701. The van der Waals surface area contributed by atoms with Crippen molar-refractivity contribution in [3.8, 4) is 0 Å². The lowest BCUT2D eigenvalue weighted by atomic mass is 10.1. The van der Waals surface area contributed by atoms with E-state index in [-0.39, 0.29) is 10.6 Å². The monoisotopic (exact) mass is 346 g/mol. The van der Waals surface area contributed by atoms with E-state index in [1.165, 1.54) is 23.6 Å². The van der Waals surface area contributed by atoms with Gasteiger partial charge >= 0.3 is 0 Å². The van der Waals surface area contributed by atoms with Gasteiger partial charge in [-0.25, -0.2) is 0 Å². The number of benzene rings is 2. The molecule has 0 fully saturated rings. The predicted octanol–water partition coefficient (Wildman–Crippen LogP) is 4.46. The predicted molar refractivity (Wildman–Crippen MR) is 86.6 cm³/mol. The number of anilines is 1. The number of hydrogen-bond donors (Lipinski definition) is 1. The van der Waals surface area contributed by atoms with E-state index < -0.39 is 0 Å². The Morgan fingerprint density at radius 3 is 2.76 bits per heavy atom. The van der Waals surface area contributed by atoms with Gasteiger partial charge in [-0.3, -0.25) is 10.1 Å². The molecule has 1 aliphatic rings. The SMILES string of the molecule is O=[N+]([O-])c1ccc(Br)cc1CNc1ccc2c(c1)CCC2. The van der Waals surface area contributed by atoms with Crippen molar-refractivity contribution in [2.24, 2.45) is 0 Å². The number of hydrogen-bond acceptors (Lipinski definition) is 3. The molecule has 1 aliphatic carbocycles. The summed E-state index contributed by atoms with van der Waals surface area (Å²) < 4.78 is 0.846. The van der Waals surface area contributed by atoms with Crippen LogP contribution in [0.15, 0.2) is 40.9 Å². The van der Waals surface area contributed by atoms with Gasteiger partial charge in [0.1, 0.15) is 0 Å². The Hall–Kier alpha value is -1.88. The van der Waals surface area contributed by atoms with E-state index in [9.17, 15) is 10.1 Å². The molecule has 0 amide bonds. The van der Waals surface area contributed by atoms with Gasteiger partial charge in [-0.2, -0.15) is 0 Å². The highest BCUT2D eigenvalue weighted by molar-refractivity contribution is 9.10. The van der Waals surface area contributed by atoms with Crippen LogP contribution in [0.3, 0.4) is 0 Å². The molecule has 2 aromatic rings. The van der Waals surface area contributed by atoms with Crippen LogP contribution < -0.4 is 5.32 Å². The zero-order valence-electron chi connectivity index (χ0n) is 11.4. The topological polar surface area (TPSA) is 55.2 Å². The molecule has 0 spiro atoms. The van der Waals surface area contributed by atoms with Crippen molar-refractivity contribution >= 4 is 27.3 Å². The van der Waals surface area contributed by atoms with E-state index in [1.807, 2.05) is 6.07 Å². The molecule has 0 unspecified atom stereocenters. The van der Waals surface area contributed by atoms with Crippen molar-refractivity contribution in [3.63, 3.8) is 0 Å². The number of halogens is 1. The van der Waals surface area contributed by atoms with E-state index in [0.717, 1.165) is 23.0 Å². The van der Waals surface area contributed by atoms with Crippen molar-refractivity contribution in [2.75, 3.05) is 5.32 Å². The van der Waals surface area contributed by atoms with E-state index in [1.54, 1.807) is 12.1 Å². The smallest absolute Gasteiger partial charge is 0.274 e. The minimum Gasteiger partial charge on any atom is -0.381 e. The molecule has 0 radical (unpaired) electrons. The van der Waals surface area contributed by atoms with Crippen LogP contribution in [0.25, 0.3) is 0 Å². The summed E-state index contributed by atoms with van der Waals surface area (Å²) in [5.74, 6) is 0. The van der Waals surface area contributed by atoms with E-state index >= 15 is 0 Å². The molecule has 0 bridgehead atoms. The fourth-order valence-electron chi connectivity index (χ4n) is 2.75. The number of nitrogens with one attached hydrogen (secondary N) is 1. The van der Waals surface area contributed by atoms with Crippen LogP contribution >= 0.6 is 15.9 Å². The molecule has 0 saturated heterocycles. The number of rotatable bonds is 4. The fraction of sp³-hybridized carbons (Fsp3) is 0.250. The summed E-state index contributed by atoms with van der Waals surface area (Å²) in [6.07, 6.45) is 3.50. The Morgan fingerprint density at radius 2 is 1.95 bits per heavy atom. The molecule has 5 heteroatoms. The first-order chi connectivity index (χ1) is 10.1. The Balaban J connectivity index is 1.78. The lowest BCUT2D eigenvalue weighted by Gasteiger charge is -2.09. The summed E-state index contributed by atoms with van der Waals surface area (Å²) in [6, 6.07) is 11.4. The van der Waals surface area contributed by atoms with Crippen LogP contribution in [0.4, 0.5) is 11.4 Å². The highest BCUT2D eigenvalue weighted by Crippen LogP contribution is 2.27. The van der Waals surface area contributed by atoms with Crippen LogP contribution in [0.5, 0.6) is 0 Å². The van der Waals surface area contributed by atoms with Gasteiger partial charge in [0.05, 0.1) is 4.92 Å². The largest absolute Gasteiger partial charge is 0.381 e. The molecule has 108 valence electrons. The zero-order valence-corrected chi connectivity index (χ0v) is 13.0. The molecular weight excluding hydrogens is 332 g/mol. The number of fused-ring (bicyclic) bond motifs is 1. The third kappa shape index (κ3) is 3.08.